The van der Waals surface area contributed by atoms with Gasteiger partial charge in [0.15, 0.2) is 16.6 Å². The van der Waals surface area contributed by atoms with Gasteiger partial charge in [-0.3, -0.25) is 0 Å². The molecule has 0 aliphatic carbocycles. The maximum atomic E-state index is 5.70. The van der Waals surface area contributed by atoms with E-state index in [1.54, 1.807) is 20.3 Å². The second-order valence-corrected chi connectivity index (χ2v) is 3.83. The molecule has 0 aliphatic heterocycles. The van der Waals surface area contributed by atoms with Crippen LogP contribution in [0.5, 0.6) is 22.3 Å². The lowest BCUT2D eigenvalue weighted by Gasteiger charge is -2.12. The monoisotopic (exact) mass is 235 g/mol. The van der Waals surface area contributed by atoms with Gasteiger partial charge in [-0.15, -0.1) is 11.3 Å². The first-order chi connectivity index (χ1) is 7.85. The molecule has 0 unspecified atom stereocenters. The molecule has 1 heterocycles. The van der Waals surface area contributed by atoms with E-state index >= 15 is 0 Å². The summed E-state index contributed by atoms with van der Waals surface area (Å²) in [6.45, 7) is 0. The van der Waals surface area contributed by atoms with Crippen LogP contribution in [-0.4, -0.2) is 14.2 Å². The smallest absolute Gasteiger partial charge is 0.212 e. The van der Waals surface area contributed by atoms with Gasteiger partial charge < -0.3 is 14.2 Å². The fourth-order valence-electron chi connectivity index (χ4n) is 1.30. The average Bonchev–Trinajstić information content (AvgIpc) is 2.82. The molecule has 83 valence electrons. The SMILES string of the molecule is COc1cccc(OC)c1Oc1c[c]cs1. The van der Waals surface area contributed by atoms with E-state index in [2.05, 4.69) is 6.07 Å². The molecular formula is C12H11O3S. The second-order valence-electron chi connectivity index (χ2n) is 2.96. The molecule has 0 saturated heterocycles. The van der Waals surface area contributed by atoms with Crippen molar-refractivity contribution < 1.29 is 14.2 Å². The van der Waals surface area contributed by atoms with E-state index in [1.807, 2.05) is 23.6 Å². The molecule has 4 heteroatoms. The molecule has 1 aromatic carbocycles. The summed E-state index contributed by atoms with van der Waals surface area (Å²) in [4.78, 5) is 0. The number of para-hydroxylation sites is 1. The molecule has 0 atom stereocenters. The summed E-state index contributed by atoms with van der Waals surface area (Å²) in [6.07, 6.45) is 0. The van der Waals surface area contributed by atoms with E-state index in [1.165, 1.54) is 11.3 Å². The van der Waals surface area contributed by atoms with Gasteiger partial charge in [0.2, 0.25) is 5.75 Å². The maximum Gasteiger partial charge on any atom is 0.212 e. The Hall–Kier alpha value is -1.68. The summed E-state index contributed by atoms with van der Waals surface area (Å²) in [5, 5.41) is 2.58. The molecule has 0 N–H and O–H groups in total. The zero-order valence-corrected chi connectivity index (χ0v) is 9.84. The Balaban J connectivity index is 2.37. The highest BCUT2D eigenvalue weighted by Crippen LogP contribution is 2.40. The Labute approximate surface area is 98.2 Å². The lowest BCUT2D eigenvalue weighted by molar-refractivity contribution is 0.349. The van der Waals surface area contributed by atoms with Gasteiger partial charge in [0.25, 0.3) is 0 Å². The molecule has 2 aromatic rings. The first-order valence-electron chi connectivity index (χ1n) is 4.68. The van der Waals surface area contributed by atoms with Crippen LogP contribution in [0, 0.1) is 6.07 Å². The third-order valence-electron chi connectivity index (χ3n) is 2.03. The Morgan fingerprint density at radius 2 is 1.81 bits per heavy atom. The summed E-state index contributed by atoms with van der Waals surface area (Å²) >= 11 is 1.47. The van der Waals surface area contributed by atoms with E-state index < -0.39 is 0 Å². The quantitative estimate of drug-likeness (QED) is 0.813. The standard InChI is InChI=1S/C12H11O3S/c1-13-9-5-3-6-10(14-2)12(9)15-11-7-4-8-16-11/h3,5-8H,1-2H3. The molecular weight excluding hydrogens is 224 g/mol. The van der Waals surface area contributed by atoms with Crippen molar-refractivity contribution in [1.82, 2.24) is 0 Å². The molecule has 16 heavy (non-hydrogen) atoms. The Kier molecular flexibility index (Phi) is 3.31. The van der Waals surface area contributed by atoms with Gasteiger partial charge in [-0.25, -0.2) is 0 Å². The molecule has 2 rings (SSSR count). The maximum absolute atomic E-state index is 5.70. The van der Waals surface area contributed by atoms with Crippen molar-refractivity contribution in [1.29, 1.82) is 0 Å². The van der Waals surface area contributed by atoms with Crippen molar-refractivity contribution in [3.63, 3.8) is 0 Å². The molecule has 1 aromatic heterocycles. The lowest BCUT2D eigenvalue weighted by Crippen LogP contribution is -1.93. The van der Waals surface area contributed by atoms with Crippen molar-refractivity contribution in [2.24, 2.45) is 0 Å². The van der Waals surface area contributed by atoms with Gasteiger partial charge in [-0.1, -0.05) is 6.07 Å². The van der Waals surface area contributed by atoms with Gasteiger partial charge in [0, 0.05) is 11.4 Å². The molecule has 0 aliphatic rings. The van der Waals surface area contributed by atoms with Crippen molar-refractivity contribution in [3.8, 4) is 22.3 Å². The van der Waals surface area contributed by atoms with Crippen molar-refractivity contribution in [2.75, 3.05) is 14.2 Å². The van der Waals surface area contributed by atoms with Crippen LogP contribution in [0.25, 0.3) is 0 Å². The number of thiophene rings is 1. The van der Waals surface area contributed by atoms with E-state index in [9.17, 15) is 0 Å². The van der Waals surface area contributed by atoms with Crippen molar-refractivity contribution in [2.45, 2.75) is 0 Å². The predicted molar refractivity (Wildman–Crippen MR) is 62.8 cm³/mol. The van der Waals surface area contributed by atoms with Crippen LogP contribution >= 0.6 is 11.3 Å². The van der Waals surface area contributed by atoms with Gasteiger partial charge >= 0.3 is 0 Å². The Morgan fingerprint density at radius 3 is 2.31 bits per heavy atom. The highest BCUT2D eigenvalue weighted by molar-refractivity contribution is 7.11. The van der Waals surface area contributed by atoms with Crippen LogP contribution in [0.3, 0.4) is 0 Å². The minimum Gasteiger partial charge on any atom is -0.493 e. The summed E-state index contributed by atoms with van der Waals surface area (Å²) in [7, 11) is 3.20. The topological polar surface area (TPSA) is 27.7 Å². The first kappa shape index (κ1) is 10.8. The third kappa shape index (κ3) is 2.12. The largest absolute Gasteiger partial charge is 0.493 e. The highest BCUT2D eigenvalue weighted by atomic mass is 32.1. The van der Waals surface area contributed by atoms with Crippen LogP contribution in [0.4, 0.5) is 0 Å². The van der Waals surface area contributed by atoms with E-state index in [0.717, 1.165) is 5.06 Å². The molecule has 0 fully saturated rings. The summed E-state index contributed by atoms with van der Waals surface area (Å²) in [5.41, 5.74) is 0. The highest BCUT2D eigenvalue weighted by Gasteiger charge is 2.12. The van der Waals surface area contributed by atoms with Crippen LogP contribution < -0.4 is 14.2 Å². The fourth-order valence-corrected chi connectivity index (χ4v) is 1.82. The molecule has 3 nitrogen and oxygen atoms in total. The summed E-state index contributed by atoms with van der Waals surface area (Å²) in [5.74, 6) is 1.88. The summed E-state index contributed by atoms with van der Waals surface area (Å²) in [6, 6.07) is 10.2. The van der Waals surface area contributed by atoms with Crippen LogP contribution in [0.1, 0.15) is 0 Å². The van der Waals surface area contributed by atoms with Gasteiger partial charge in [-0.2, -0.15) is 0 Å². The summed E-state index contributed by atoms with van der Waals surface area (Å²) < 4.78 is 16.2. The number of benzene rings is 1. The van der Waals surface area contributed by atoms with Gasteiger partial charge in [-0.05, 0) is 18.2 Å². The minimum atomic E-state index is 0.586. The predicted octanol–water partition coefficient (Wildman–Crippen LogP) is 3.36. The first-order valence-corrected chi connectivity index (χ1v) is 5.56. The van der Waals surface area contributed by atoms with Gasteiger partial charge in [0.1, 0.15) is 0 Å². The molecule has 0 spiro atoms. The van der Waals surface area contributed by atoms with E-state index in [0.29, 0.717) is 17.2 Å². The minimum absolute atomic E-state index is 0.586. The Morgan fingerprint density at radius 1 is 1.12 bits per heavy atom. The Bertz CT molecular complexity index is 429. The molecule has 0 saturated carbocycles. The van der Waals surface area contributed by atoms with Crippen molar-refractivity contribution >= 4 is 11.3 Å². The normalized spacial score (nSPS) is 9.88. The van der Waals surface area contributed by atoms with Crippen LogP contribution in [0.15, 0.2) is 29.6 Å². The van der Waals surface area contributed by atoms with Gasteiger partial charge in [0.05, 0.1) is 14.2 Å². The van der Waals surface area contributed by atoms with E-state index in [-0.39, 0.29) is 0 Å². The second kappa shape index (κ2) is 4.90. The molecule has 0 amide bonds. The molecule has 1 radical (unpaired) electrons. The number of rotatable bonds is 4. The zero-order chi connectivity index (χ0) is 11.4. The average molecular weight is 235 g/mol. The molecule has 0 bridgehead atoms. The zero-order valence-electron chi connectivity index (χ0n) is 9.02. The lowest BCUT2D eigenvalue weighted by atomic mass is 10.3. The number of methoxy groups -OCH3 is 2. The number of ether oxygens (including phenoxy) is 3. The third-order valence-corrected chi connectivity index (χ3v) is 2.72. The van der Waals surface area contributed by atoms with Crippen LogP contribution in [0.2, 0.25) is 0 Å². The number of hydrogen-bond donors (Lipinski definition) is 0. The van der Waals surface area contributed by atoms with E-state index in [4.69, 9.17) is 14.2 Å². The number of hydrogen-bond acceptors (Lipinski definition) is 4. The van der Waals surface area contributed by atoms with Crippen molar-refractivity contribution in [3.05, 3.63) is 35.7 Å². The fraction of sp³-hybridized carbons (Fsp3) is 0.167. The van der Waals surface area contributed by atoms with Crippen LogP contribution in [-0.2, 0) is 0 Å².